The number of fused-ring (bicyclic) bond motifs is 1. The standard InChI is InChI=1S/C34H43N3O2S/c1-22-19-23(2)35-33(39-21-26-9-6-5-7-10-26)29(22)20-37-18-15-30-31(34(37)38)25(4)32(40-30)24(3)27-11-13-28(14-12-27)36-16-8-17-36/h5-7,9-10,19,24,27-28H,8,11-18,20-21H2,1-4H3/t24-,27?,28?/m1/s1. The van der Waals surface area contributed by atoms with Crippen molar-refractivity contribution in [2.45, 2.75) is 91.3 Å². The van der Waals surface area contributed by atoms with Crippen LogP contribution in [0.3, 0.4) is 0 Å². The number of likely N-dealkylation sites (tertiary alicyclic amines) is 1. The number of benzene rings is 1. The van der Waals surface area contributed by atoms with Gasteiger partial charge in [-0.2, -0.15) is 0 Å². The molecule has 3 aromatic rings. The molecular formula is C34H43N3O2S. The van der Waals surface area contributed by atoms with Crippen molar-refractivity contribution in [2.75, 3.05) is 19.6 Å². The smallest absolute Gasteiger partial charge is 0.255 e. The highest BCUT2D eigenvalue weighted by Gasteiger charge is 2.35. The fourth-order valence-corrected chi connectivity index (χ4v) is 8.51. The molecule has 212 valence electrons. The number of amides is 1. The van der Waals surface area contributed by atoms with E-state index in [1.807, 2.05) is 41.4 Å². The number of hydrogen-bond donors (Lipinski definition) is 0. The Hall–Kier alpha value is -2.70. The van der Waals surface area contributed by atoms with Crippen LogP contribution in [-0.4, -0.2) is 46.4 Å². The average Bonchev–Trinajstić information content (AvgIpc) is 3.27. The molecule has 0 bridgehead atoms. The molecule has 40 heavy (non-hydrogen) atoms. The van der Waals surface area contributed by atoms with Crippen molar-refractivity contribution in [1.82, 2.24) is 14.8 Å². The van der Waals surface area contributed by atoms with Crippen LogP contribution in [0.5, 0.6) is 5.88 Å². The summed E-state index contributed by atoms with van der Waals surface area (Å²) in [6, 6.07) is 13.1. The second-order valence-corrected chi connectivity index (χ2v) is 13.4. The van der Waals surface area contributed by atoms with E-state index in [2.05, 4.69) is 43.9 Å². The Balaban J connectivity index is 1.17. The molecule has 6 rings (SSSR count). The number of carbonyl (C=O) groups is 1. The maximum atomic E-state index is 13.9. The first kappa shape index (κ1) is 27.5. The third-order valence-corrected chi connectivity index (χ3v) is 11.2. The van der Waals surface area contributed by atoms with Gasteiger partial charge in [-0.25, -0.2) is 4.98 Å². The minimum atomic E-state index is 0.170. The van der Waals surface area contributed by atoms with E-state index in [4.69, 9.17) is 9.72 Å². The predicted molar refractivity (Wildman–Crippen MR) is 162 cm³/mol. The van der Waals surface area contributed by atoms with Crippen LogP contribution in [0.25, 0.3) is 0 Å². The molecule has 2 fully saturated rings. The molecule has 1 aliphatic carbocycles. The number of ether oxygens (including phenoxy) is 1. The number of hydrogen-bond acceptors (Lipinski definition) is 5. The SMILES string of the molecule is Cc1cc(C)c(CN2CCc3sc([C@H](C)C4CCC(N5CCC5)CC4)c(C)c3C2=O)c(OCc2ccccc2)n1. The molecule has 1 saturated heterocycles. The van der Waals surface area contributed by atoms with Crippen molar-refractivity contribution >= 4 is 17.2 Å². The Morgan fingerprint density at radius 2 is 1.80 bits per heavy atom. The van der Waals surface area contributed by atoms with Crippen LogP contribution >= 0.6 is 11.3 Å². The van der Waals surface area contributed by atoms with E-state index in [1.165, 1.54) is 60.5 Å². The van der Waals surface area contributed by atoms with Crippen LogP contribution in [0.4, 0.5) is 0 Å². The van der Waals surface area contributed by atoms with Crippen molar-refractivity contribution < 1.29 is 9.53 Å². The lowest BCUT2D eigenvalue weighted by Gasteiger charge is -2.43. The van der Waals surface area contributed by atoms with E-state index in [0.29, 0.717) is 24.9 Å². The molecule has 3 aliphatic rings. The van der Waals surface area contributed by atoms with Crippen molar-refractivity contribution in [1.29, 1.82) is 0 Å². The first-order valence-corrected chi connectivity index (χ1v) is 16.0. The first-order valence-electron chi connectivity index (χ1n) is 15.2. The van der Waals surface area contributed by atoms with Gasteiger partial charge >= 0.3 is 0 Å². The van der Waals surface area contributed by atoms with E-state index in [0.717, 1.165) is 52.9 Å². The van der Waals surface area contributed by atoms with Crippen LogP contribution in [0.2, 0.25) is 0 Å². The Kier molecular flexibility index (Phi) is 8.00. The number of thiophene rings is 1. The molecular weight excluding hydrogens is 514 g/mol. The van der Waals surface area contributed by atoms with Crippen LogP contribution in [0, 0.1) is 26.7 Å². The molecule has 1 amide bonds. The van der Waals surface area contributed by atoms with E-state index in [1.54, 1.807) is 0 Å². The number of nitrogens with zero attached hydrogens (tertiary/aromatic N) is 3. The summed E-state index contributed by atoms with van der Waals surface area (Å²) in [5, 5.41) is 0. The van der Waals surface area contributed by atoms with E-state index in [9.17, 15) is 4.79 Å². The predicted octanol–water partition coefficient (Wildman–Crippen LogP) is 7.21. The molecule has 1 saturated carbocycles. The molecule has 0 N–H and O–H groups in total. The quantitative estimate of drug-likeness (QED) is 0.294. The molecule has 5 nitrogen and oxygen atoms in total. The monoisotopic (exact) mass is 557 g/mol. The van der Waals surface area contributed by atoms with Crippen molar-refractivity contribution in [3.05, 3.63) is 79.7 Å². The summed E-state index contributed by atoms with van der Waals surface area (Å²) in [7, 11) is 0. The van der Waals surface area contributed by atoms with Crippen molar-refractivity contribution in [3.8, 4) is 5.88 Å². The summed E-state index contributed by atoms with van der Waals surface area (Å²) >= 11 is 1.92. The first-order chi connectivity index (χ1) is 19.4. The third kappa shape index (κ3) is 5.45. The van der Waals surface area contributed by atoms with E-state index >= 15 is 0 Å². The molecule has 4 heterocycles. The fraction of sp³-hybridized carbons (Fsp3) is 0.529. The van der Waals surface area contributed by atoms with Gasteiger partial charge in [0, 0.05) is 40.0 Å². The zero-order valence-corrected chi connectivity index (χ0v) is 25.4. The number of pyridine rings is 1. The minimum Gasteiger partial charge on any atom is -0.473 e. The van der Waals surface area contributed by atoms with Crippen molar-refractivity contribution in [3.63, 3.8) is 0 Å². The highest BCUT2D eigenvalue weighted by Crippen LogP contribution is 2.44. The number of aryl methyl sites for hydroxylation is 2. The zero-order chi connectivity index (χ0) is 27.8. The Bertz CT molecular complexity index is 1360. The summed E-state index contributed by atoms with van der Waals surface area (Å²) in [6.07, 6.45) is 7.61. The highest BCUT2D eigenvalue weighted by molar-refractivity contribution is 7.12. The van der Waals surface area contributed by atoms with Gasteiger partial charge in [-0.15, -0.1) is 11.3 Å². The lowest BCUT2D eigenvalue weighted by atomic mass is 9.77. The van der Waals surface area contributed by atoms with Crippen LogP contribution in [-0.2, 0) is 19.6 Å². The van der Waals surface area contributed by atoms with Gasteiger partial charge in [-0.1, -0.05) is 37.3 Å². The van der Waals surface area contributed by atoms with Gasteiger partial charge in [-0.05, 0) is 101 Å². The topological polar surface area (TPSA) is 45.7 Å². The van der Waals surface area contributed by atoms with Gasteiger partial charge in [0.1, 0.15) is 6.61 Å². The van der Waals surface area contributed by atoms with E-state index in [-0.39, 0.29) is 5.91 Å². The molecule has 6 heteroatoms. The third-order valence-electron chi connectivity index (χ3n) is 9.64. The molecule has 1 atom stereocenters. The Labute approximate surface area is 243 Å². The average molecular weight is 558 g/mol. The summed E-state index contributed by atoms with van der Waals surface area (Å²) in [5.74, 6) is 2.07. The number of rotatable bonds is 8. The lowest BCUT2D eigenvalue weighted by Crippen LogP contribution is -2.46. The Morgan fingerprint density at radius 3 is 2.50 bits per heavy atom. The second kappa shape index (κ2) is 11.7. The summed E-state index contributed by atoms with van der Waals surface area (Å²) in [6.45, 7) is 13.1. The van der Waals surface area contributed by atoms with Gasteiger partial charge in [0.2, 0.25) is 5.88 Å². The number of carbonyl (C=O) groups excluding carboxylic acids is 1. The molecule has 0 radical (unpaired) electrons. The summed E-state index contributed by atoms with van der Waals surface area (Å²) < 4.78 is 6.24. The molecule has 2 aliphatic heterocycles. The van der Waals surface area contributed by atoms with Gasteiger partial charge < -0.3 is 14.5 Å². The summed E-state index contributed by atoms with van der Waals surface area (Å²) in [4.78, 5) is 26.1. The minimum absolute atomic E-state index is 0.170. The Morgan fingerprint density at radius 1 is 1.05 bits per heavy atom. The van der Waals surface area contributed by atoms with Gasteiger partial charge in [-0.3, -0.25) is 4.79 Å². The van der Waals surface area contributed by atoms with Gasteiger partial charge in [0.25, 0.3) is 5.91 Å². The highest BCUT2D eigenvalue weighted by atomic mass is 32.1. The van der Waals surface area contributed by atoms with Crippen molar-refractivity contribution in [2.24, 2.45) is 5.92 Å². The maximum Gasteiger partial charge on any atom is 0.255 e. The molecule has 2 aromatic heterocycles. The largest absolute Gasteiger partial charge is 0.473 e. The van der Waals surface area contributed by atoms with Crippen LogP contribution in [0.15, 0.2) is 36.4 Å². The van der Waals surface area contributed by atoms with Crippen LogP contribution in [0.1, 0.15) is 93.0 Å². The van der Waals surface area contributed by atoms with Gasteiger partial charge in [0.15, 0.2) is 0 Å². The zero-order valence-electron chi connectivity index (χ0n) is 24.5. The van der Waals surface area contributed by atoms with Gasteiger partial charge in [0.05, 0.1) is 12.1 Å². The lowest BCUT2D eigenvalue weighted by molar-refractivity contribution is 0.0725. The van der Waals surface area contributed by atoms with Crippen LogP contribution < -0.4 is 4.74 Å². The molecule has 0 unspecified atom stereocenters. The maximum absolute atomic E-state index is 13.9. The van der Waals surface area contributed by atoms with E-state index < -0.39 is 0 Å². The second-order valence-electron chi connectivity index (χ2n) is 12.3. The molecule has 0 spiro atoms. The molecule has 1 aromatic carbocycles. The number of aromatic nitrogens is 1. The fourth-order valence-electron chi connectivity index (χ4n) is 7.07. The normalized spacial score (nSPS) is 22.1. The summed E-state index contributed by atoms with van der Waals surface area (Å²) in [5.41, 5.74) is 6.38.